The summed E-state index contributed by atoms with van der Waals surface area (Å²) in [6, 6.07) is 8.02. The Morgan fingerprint density at radius 3 is 2.79 bits per heavy atom. The topological polar surface area (TPSA) is 66.5 Å². The van der Waals surface area contributed by atoms with Crippen molar-refractivity contribution < 1.29 is 18.3 Å². The van der Waals surface area contributed by atoms with E-state index in [0.29, 0.717) is 30.0 Å². The molecule has 0 aliphatic carbocycles. The smallest absolute Gasteiger partial charge is 0.263 e. The fraction of sp³-hybridized carbons (Fsp3) is 0.300. The highest BCUT2D eigenvalue weighted by Gasteiger charge is 2.23. The number of para-hydroxylation sites is 1. The van der Waals surface area contributed by atoms with Gasteiger partial charge in [-0.15, -0.1) is 0 Å². The molecule has 152 valence electrons. The monoisotopic (exact) mass is 418 g/mol. The summed E-state index contributed by atoms with van der Waals surface area (Å²) < 4.78 is 35.4. The van der Waals surface area contributed by atoms with Gasteiger partial charge in [-0.25, -0.2) is 13.8 Å². The Hall–Kier alpha value is -2.78. The first-order chi connectivity index (χ1) is 14.0. The largest absolute Gasteiger partial charge is 0.494 e. The van der Waals surface area contributed by atoms with E-state index in [1.54, 1.807) is 12.1 Å². The molecule has 0 radical (unpaired) electrons. The third kappa shape index (κ3) is 3.88. The van der Waals surface area contributed by atoms with Crippen molar-refractivity contribution in [2.75, 3.05) is 37.0 Å². The lowest BCUT2D eigenvalue weighted by molar-refractivity contribution is 0.101. The first-order valence-corrected chi connectivity index (χ1v) is 10.00. The van der Waals surface area contributed by atoms with Crippen molar-refractivity contribution >= 4 is 38.3 Å². The van der Waals surface area contributed by atoms with E-state index in [2.05, 4.69) is 15.6 Å². The third-order valence-electron chi connectivity index (χ3n) is 4.81. The quantitative estimate of drug-likeness (QED) is 0.677. The SMILES string of the molecule is COc1cccc2sc(NC(=O)c3c(F)cc(N4CCNC(C)C4)cc3F)nc12. The van der Waals surface area contributed by atoms with Crippen molar-refractivity contribution in [2.24, 2.45) is 0 Å². The molecule has 3 aromatic rings. The van der Waals surface area contributed by atoms with Gasteiger partial charge in [0, 0.05) is 31.4 Å². The fourth-order valence-electron chi connectivity index (χ4n) is 3.43. The Morgan fingerprint density at radius 1 is 1.34 bits per heavy atom. The molecule has 29 heavy (non-hydrogen) atoms. The zero-order chi connectivity index (χ0) is 20.5. The summed E-state index contributed by atoms with van der Waals surface area (Å²) in [7, 11) is 1.53. The number of hydrogen-bond donors (Lipinski definition) is 2. The molecule has 9 heteroatoms. The van der Waals surface area contributed by atoms with E-state index in [0.717, 1.165) is 11.2 Å². The fourth-order valence-corrected chi connectivity index (χ4v) is 4.31. The van der Waals surface area contributed by atoms with Gasteiger partial charge in [0.25, 0.3) is 5.91 Å². The van der Waals surface area contributed by atoms with E-state index in [9.17, 15) is 13.6 Å². The molecule has 1 unspecified atom stereocenters. The minimum Gasteiger partial charge on any atom is -0.494 e. The number of nitrogens with one attached hydrogen (secondary N) is 2. The number of aromatic nitrogens is 1. The van der Waals surface area contributed by atoms with Crippen LogP contribution in [0.2, 0.25) is 0 Å². The summed E-state index contributed by atoms with van der Waals surface area (Å²) in [5.74, 6) is -2.12. The predicted molar refractivity (Wildman–Crippen MR) is 110 cm³/mol. The van der Waals surface area contributed by atoms with Crippen LogP contribution in [-0.2, 0) is 0 Å². The first kappa shape index (κ1) is 19.5. The van der Waals surface area contributed by atoms with Gasteiger partial charge < -0.3 is 15.0 Å². The Balaban J connectivity index is 1.59. The number of rotatable bonds is 4. The van der Waals surface area contributed by atoms with Crippen molar-refractivity contribution in [3.63, 3.8) is 0 Å². The summed E-state index contributed by atoms with van der Waals surface area (Å²) >= 11 is 1.20. The van der Waals surface area contributed by atoms with Crippen LogP contribution in [0.1, 0.15) is 17.3 Å². The molecular weight excluding hydrogens is 398 g/mol. The van der Waals surface area contributed by atoms with Crippen LogP contribution in [-0.4, -0.2) is 43.7 Å². The standard InChI is InChI=1S/C20H20F2N4O2S/c1-11-10-26(7-6-23-11)12-8-13(21)17(14(22)9-12)19(27)25-20-24-18-15(28-2)4-3-5-16(18)29-20/h3-5,8-9,11,23H,6-7,10H2,1-2H3,(H,24,25,27). The lowest BCUT2D eigenvalue weighted by Crippen LogP contribution is -2.49. The molecule has 0 bridgehead atoms. The number of anilines is 2. The molecule has 1 aliphatic heterocycles. The molecule has 2 N–H and O–H groups in total. The number of methoxy groups -OCH3 is 1. The Bertz CT molecular complexity index is 1050. The molecule has 6 nitrogen and oxygen atoms in total. The van der Waals surface area contributed by atoms with Gasteiger partial charge in [-0.3, -0.25) is 10.1 Å². The molecule has 4 rings (SSSR count). The number of thiazole rings is 1. The maximum atomic E-state index is 14.7. The minimum absolute atomic E-state index is 0.217. The highest BCUT2D eigenvalue weighted by molar-refractivity contribution is 7.22. The normalized spacial score (nSPS) is 16.8. The number of nitrogens with zero attached hydrogens (tertiary/aromatic N) is 2. The highest BCUT2D eigenvalue weighted by atomic mass is 32.1. The van der Waals surface area contributed by atoms with Crippen LogP contribution in [0.3, 0.4) is 0 Å². The second kappa shape index (κ2) is 7.92. The second-order valence-electron chi connectivity index (χ2n) is 6.87. The molecule has 1 amide bonds. The van der Waals surface area contributed by atoms with Crippen molar-refractivity contribution in [3.8, 4) is 5.75 Å². The molecular formula is C20H20F2N4O2S. The summed E-state index contributed by atoms with van der Waals surface area (Å²) in [4.78, 5) is 18.8. The molecule has 2 heterocycles. The molecule has 1 aliphatic rings. The van der Waals surface area contributed by atoms with Crippen LogP contribution < -0.4 is 20.3 Å². The van der Waals surface area contributed by atoms with Crippen molar-refractivity contribution in [2.45, 2.75) is 13.0 Å². The predicted octanol–water partition coefficient (Wildman–Crippen LogP) is 3.63. The van der Waals surface area contributed by atoms with Crippen LogP contribution in [0, 0.1) is 11.6 Å². The number of carbonyl (C=O) groups is 1. The van der Waals surface area contributed by atoms with E-state index in [4.69, 9.17) is 4.74 Å². The maximum Gasteiger partial charge on any atom is 0.263 e. The number of fused-ring (bicyclic) bond motifs is 1. The number of halogens is 2. The van der Waals surface area contributed by atoms with Crippen LogP contribution in [0.15, 0.2) is 30.3 Å². The lowest BCUT2D eigenvalue weighted by atomic mass is 10.1. The summed E-state index contributed by atoms with van der Waals surface area (Å²) in [5, 5.41) is 6.02. The van der Waals surface area contributed by atoms with Gasteiger partial charge in [0.2, 0.25) is 0 Å². The summed E-state index contributed by atoms with van der Waals surface area (Å²) in [5.41, 5.74) is 0.386. The van der Waals surface area contributed by atoms with Gasteiger partial charge in [-0.2, -0.15) is 0 Å². The van der Waals surface area contributed by atoms with E-state index in [1.165, 1.54) is 30.6 Å². The summed E-state index contributed by atoms with van der Waals surface area (Å²) in [6.07, 6.45) is 0. The average molecular weight is 418 g/mol. The van der Waals surface area contributed by atoms with Gasteiger partial charge >= 0.3 is 0 Å². The molecule has 1 atom stereocenters. The average Bonchev–Trinajstić information content (AvgIpc) is 3.09. The van der Waals surface area contributed by atoms with Crippen LogP contribution in [0.5, 0.6) is 5.75 Å². The van der Waals surface area contributed by atoms with E-state index in [1.807, 2.05) is 17.9 Å². The number of carbonyl (C=O) groups excluding carboxylic acids is 1. The van der Waals surface area contributed by atoms with Crippen LogP contribution in [0.25, 0.3) is 10.2 Å². The van der Waals surface area contributed by atoms with Gasteiger partial charge in [0.1, 0.15) is 28.5 Å². The molecule has 1 saturated heterocycles. The number of piperazine rings is 1. The summed E-state index contributed by atoms with van der Waals surface area (Å²) in [6.45, 7) is 4.02. The zero-order valence-corrected chi connectivity index (χ0v) is 16.8. The van der Waals surface area contributed by atoms with Gasteiger partial charge in [0.05, 0.1) is 11.8 Å². The molecule has 1 aromatic heterocycles. The number of amides is 1. The van der Waals surface area contributed by atoms with E-state index in [-0.39, 0.29) is 11.2 Å². The minimum atomic E-state index is -0.901. The molecule has 2 aromatic carbocycles. The van der Waals surface area contributed by atoms with Crippen LogP contribution >= 0.6 is 11.3 Å². The lowest BCUT2D eigenvalue weighted by Gasteiger charge is -2.33. The maximum absolute atomic E-state index is 14.7. The van der Waals surface area contributed by atoms with Crippen molar-refractivity contribution in [1.82, 2.24) is 10.3 Å². The number of ether oxygens (including phenoxy) is 1. The Labute approximate surface area is 170 Å². The van der Waals surface area contributed by atoms with Crippen LogP contribution in [0.4, 0.5) is 19.6 Å². The van der Waals surface area contributed by atoms with E-state index < -0.39 is 23.1 Å². The van der Waals surface area contributed by atoms with Crippen molar-refractivity contribution in [3.05, 3.63) is 47.5 Å². The molecule has 1 fully saturated rings. The zero-order valence-electron chi connectivity index (χ0n) is 16.0. The second-order valence-corrected chi connectivity index (χ2v) is 7.90. The van der Waals surface area contributed by atoms with Gasteiger partial charge in [0.15, 0.2) is 5.13 Å². The third-order valence-corrected chi connectivity index (χ3v) is 5.75. The Kier molecular flexibility index (Phi) is 5.33. The number of hydrogen-bond acceptors (Lipinski definition) is 6. The van der Waals surface area contributed by atoms with Gasteiger partial charge in [-0.05, 0) is 31.2 Å². The first-order valence-electron chi connectivity index (χ1n) is 9.18. The van der Waals surface area contributed by atoms with E-state index >= 15 is 0 Å². The van der Waals surface area contributed by atoms with Crippen molar-refractivity contribution in [1.29, 1.82) is 0 Å². The molecule has 0 saturated carbocycles. The Morgan fingerprint density at radius 2 is 2.10 bits per heavy atom. The van der Waals surface area contributed by atoms with Gasteiger partial charge in [-0.1, -0.05) is 17.4 Å². The molecule has 0 spiro atoms. The number of benzene rings is 2. The highest BCUT2D eigenvalue weighted by Crippen LogP contribution is 2.32.